The molecule has 1 aromatic rings. The molecule has 1 aromatic heterocycles. The van der Waals surface area contributed by atoms with Gasteiger partial charge in [-0.05, 0) is 33.8 Å². The normalized spacial score (nSPS) is 20.0. The standard InChI is InChI=1S/C14H21BN2O3/c1-13(2)14(3,4)20-15(19-13)11-8-16-12(17(5)6)7-10(11)9-18/h7-9H,1-6H3. The molecule has 2 rings (SSSR count). The summed E-state index contributed by atoms with van der Waals surface area (Å²) in [6.45, 7) is 7.93. The molecule has 0 unspecified atom stereocenters. The average Bonchev–Trinajstić information content (AvgIpc) is 2.57. The molecule has 0 amide bonds. The zero-order chi connectivity index (χ0) is 15.1. The average molecular weight is 276 g/mol. The number of pyridine rings is 1. The Balaban J connectivity index is 2.38. The molecular weight excluding hydrogens is 255 g/mol. The van der Waals surface area contributed by atoms with Gasteiger partial charge in [0, 0.05) is 31.3 Å². The quantitative estimate of drug-likeness (QED) is 0.614. The highest BCUT2D eigenvalue weighted by Crippen LogP contribution is 2.36. The van der Waals surface area contributed by atoms with Crippen LogP contribution in [0.4, 0.5) is 5.82 Å². The third-order valence-electron chi connectivity index (χ3n) is 4.05. The van der Waals surface area contributed by atoms with Gasteiger partial charge in [-0.3, -0.25) is 4.79 Å². The Kier molecular flexibility index (Phi) is 3.65. The zero-order valence-corrected chi connectivity index (χ0v) is 12.9. The minimum absolute atomic E-state index is 0.432. The van der Waals surface area contributed by atoms with Crippen LogP contribution in [0.2, 0.25) is 0 Å². The SMILES string of the molecule is CN(C)c1cc(C=O)c(B2OC(C)(C)C(C)(C)O2)cn1. The highest BCUT2D eigenvalue weighted by Gasteiger charge is 2.52. The fourth-order valence-electron chi connectivity index (χ4n) is 1.98. The molecule has 1 saturated heterocycles. The van der Waals surface area contributed by atoms with E-state index in [4.69, 9.17) is 9.31 Å². The second-order valence-corrected chi connectivity index (χ2v) is 6.27. The monoisotopic (exact) mass is 276 g/mol. The molecule has 1 aliphatic heterocycles. The van der Waals surface area contributed by atoms with Crippen LogP contribution in [0.3, 0.4) is 0 Å². The van der Waals surface area contributed by atoms with Crippen molar-refractivity contribution in [1.82, 2.24) is 4.98 Å². The van der Waals surface area contributed by atoms with Gasteiger partial charge in [0.15, 0.2) is 0 Å². The largest absolute Gasteiger partial charge is 0.497 e. The Morgan fingerprint density at radius 2 is 1.75 bits per heavy atom. The minimum atomic E-state index is -0.566. The van der Waals surface area contributed by atoms with Crippen molar-refractivity contribution in [1.29, 1.82) is 0 Å². The molecule has 6 heteroatoms. The van der Waals surface area contributed by atoms with Gasteiger partial charge in [-0.15, -0.1) is 0 Å². The molecule has 0 spiro atoms. The van der Waals surface area contributed by atoms with Crippen molar-refractivity contribution in [3.63, 3.8) is 0 Å². The van der Waals surface area contributed by atoms with Crippen molar-refractivity contribution in [3.05, 3.63) is 17.8 Å². The Hall–Kier alpha value is -1.40. The summed E-state index contributed by atoms with van der Waals surface area (Å²) in [5, 5.41) is 0. The predicted molar refractivity (Wildman–Crippen MR) is 79.7 cm³/mol. The van der Waals surface area contributed by atoms with Crippen LogP contribution in [0.5, 0.6) is 0 Å². The van der Waals surface area contributed by atoms with Gasteiger partial charge >= 0.3 is 7.12 Å². The number of hydrogen-bond donors (Lipinski definition) is 0. The van der Waals surface area contributed by atoms with E-state index in [1.54, 1.807) is 12.3 Å². The topological polar surface area (TPSA) is 51.7 Å². The van der Waals surface area contributed by atoms with Crippen LogP contribution in [-0.2, 0) is 9.31 Å². The molecule has 2 heterocycles. The summed E-state index contributed by atoms with van der Waals surface area (Å²) in [7, 11) is 3.19. The van der Waals surface area contributed by atoms with E-state index in [2.05, 4.69) is 4.98 Å². The van der Waals surface area contributed by atoms with E-state index < -0.39 is 18.3 Å². The Labute approximate surface area is 120 Å². The minimum Gasteiger partial charge on any atom is -0.399 e. The van der Waals surface area contributed by atoms with Gasteiger partial charge in [0.25, 0.3) is 0 Å². The second-order valence-electron chi connectivity index (χ2n) is 6.27. The molecule has 0 atom stereocenters. The van der Waals surface area contributed by atoms with Crippen LogP contribution >= 0.6 is 0 Å². The van der Waals surface area contributed by atoms with Crippen LogP contribution in [0.1, 0.15) is 38.1 Å². The lowest BCUT2D eigenvalue weighted by molar-refractivity contribution is 0.00578. The van der Waals surface area contributed by atoms with Crippen LogP contribution < -0.4 is 10.4 Å². The first-order valence-corrected chi connectivity index (χ1v) is 6.66. The predicted octanol–water partition coefficient (Wildman–Crippen LogP) is 1.26. The molecule has 0 bridgehead atoms. The number of aldehydes is 1. The van der Waals surface area contributed by atoms with Crippen LogP contribution in [0.25, 0.3) is 0 Å². The Morgan fingerprint density at radius 1 is 1.20 bits per heavy atom. The zero-order valence-electron chi connectivity index (χ0n) is 12.9. The van der Waals surface area contributed by atoms with E-state index in [0.717, 1.165) is 12.1 Å². The van der Waals surface area contributed by atoms with E-state index in [0.29, 0.717) is 11.0 Å². The van der Waals surface area contributed by atoms with Crippen LogP contribution in [0, 0.1) is 0 Å². The first-order chi connectivity index (χ1) is 9.18. The maximum atomic E-state index is 11.3. The summed E-state index contributed by atoms with van der Waals surface area (Å²) in [6.07, 6.45) is 2.47. The van der Waals surface area contributed by atoms with Crippen molar-refractivity contribution >= 4 is 24.7 Å². The lowest BCUT2D eigenvalue weighted by Gasteiger charge is -2.32. The summed E-state index contributed by atoms with van der Waals surface area (Å²) in [6, 6.07) is 1.74. The van der Waals surface area contributed by atoms with Gasteiger partial charge in [0.05, 0.1) is 11.2 Å². The lowest BCUT2D eigenvalue weighted by atomic mass is 9.77. The molecule has 20 heavy (non-hydrogen) atoms. The Bertz CT molecular complexity index is 513. The van der Waals surface area contributed by atoms with E-state index >= 15 is 0 Å². The molecule has 0 aliphatic carbocycles. The summed E-state index contributed by atoms with van der Waals surface area (Å²) >= 11 is 0. The molecule has 0 radical (unpaired) electrons. The summed E-state index contributed by atoms with van der Waals surface area (Å²) in [5.41, 5.74) is 0.349. The van der Waals surface area contributed by atoms with Gasteiger partial charge in [0.2, 0.25) is 0 Å². The first kappa shape index (κ1) is 15.0. The molecule has 108 valence electrons. The Morgan fingerprint density at radius 3 is 2.20 bits per heavy atom. The molecule has 0 aromatic carbocycles. The van der Waals surface area contributed by atoms with Crippen molar-refractivity contribution in [3.8, 4) is 0 Å². The molecule has 1 fully saturated rings. The van der Waals surface area contributed by atoms with E-state index in [1.165, 1.54) is 0 Å². The lowest BCUT2D eigenvalue weighted by Crippen LogP contribution is -2.41. The number of rotatable bonds is 3. The van der Waals surface area contributed by atoms with Gasteiger partial charge in [-0.1, -0.05) is 0 Å². The van der Waals surface area contributed by atoms with Gasteiger partial charge in [-0.25, -0.2) is 4.98 Å². The van der Waals surface area contributed by atoms with Crippen LogP contribution in [-0.4, -0.2) is 43.7 Å². The molecular formula is C14H21BN2O3. The maximum absolute atomic E-state index is 11.3. The summed E-state index contributed by atoms with van der Waals surface area (Å²) in [5.74, 6) is 0.729. The van der Waals surface area contributed by atoms with E-state index in [-0.39, 0.29) is 0 Å². The van der Waals surface area contributed by atoms with Gasteiger partial charge < -0.3 is 14.2 Å². The fourth-order valence-corrected chi connectivity index (χ4v) is 1.98. The fraction of sp³-hybridized carbons (Fsp3) is 0.571. The van der Waals surface area contributed by atoms with Gasteiger partial charge in [0.1, 0.15) is 12.1 Å². The molecule has 1 aliphatic rings. The van der Waals surface area contributed by atoms with Crippen molar-refractivity contribution < 1.29 is 14.1 Å². The third kappa shape index (κ3) is 2.45. The number of carbonyl (C=O) groups is 1. The summed E-state index contributed by atoms with van der Waals surface area (Å²) in [4.78, 5) is 17.5. The van der Waals surface area contributed by atoms with Gasteiger partial charge in [-0.2, -0.15) is 0 Å². The van der Waals surface area contributed by atoms with Crippen LogP contribution in [0.15, 0.2) is 12.3 Å². The van der Waals surface area contributed by atoms with E-state index in [1.807, 2.05) is 46.7 Å². The highest BCUT2D eigenvalue weighted by atomic mass is 16.7. The maximum Gasteiger partial charge on any atom is 0.497 e. The van der Waals surface area contributed by atoms with Crippen molar-refractivity contribution in [2.45, 2.75) is 38.9 Å². The molecule has 0 saturated carbocycles. The molecule has 0 N–H and O–H groups in total. The molecule has 5 nitrogen and oxygen atoms in total. The summed E-state index contributed by atoms with van der Waals surface area (Å²) < 4.78 is 11.9. The first-order valence-electron chi connectivity index (χ1n) is 6.66. The number of aromatic nitrogens is 1. The third-order valence-corrected chi connectivity index (χ3v) is 4.05. The van der Waals surface area contributed by atoms with Crippen molar-refractivity contribution in [2.24, 2.45) is 0 Å². The highest BCUT2D eigenvalue weighted by molar-refractivity contribution is 6.63. The van der Waals surface area contributed by atoms with E-state index in [9.17, 15) is 4.79 Å². The number of carbonyl (C=O) groups excluding carboxylic acids is 1. The number of nitrogens with zero attached hydrogens (tertiary/aromatic N) is 2. The smallest absolute Gasteiger partial charge is 0.399 e. The number of anilines is 1. The second kappa shape index (κ2) is 4.86. The van der Waals surface area contributed by atoms with Crippen molar-refractivity contribution in [2.75, 3.05) is 19.0 Å². The number of hydrogen-bond acceptors (Lipinski definition) is 5.